The van der Waals surface area contributed by atoms with Crippen LogP contribution in [0.3, 0.4) is 0 Å². The van der Waals surface area contributed by atoms with Gasteiger partial charge in [-0.25, -0.2) is 9.97 Å². The maximum absolute atomic E-state index is 13.0. The first kappa shape index (κ1) is 16.7. The summed E-state index contributed by atoms with van der Waals surface area (Å²) in [5.41, 5.74) is 1.89. The van der Waals surface area contributed by atoms with Gasteiger partial charge in [-0.05, 0) is 36.4 Å². The fourth-order valence-electron chi connectivity index (χ4n) is 2.67. The fraction of sp³-hybridized carbons (Fsp3) is 0.100. The molecular formula is C20H17N5O2. The van der Waals surface area contributed by atoms with Crippen molar-refractivity contribution >= 4 is 23.5 Å². The molecule has 0 fully saturated rings. The lowest BCUT2D eigenvalue weighted by Gasteiger charge is -2.23. The summed E-state index contributed by atoms with van der Waals surface area (Å²) in [4.78, 5) is 26.7. The van der Waals surface area contributed by atoms with Crippen molar-refractivity contribution in [3.05, 3.63) is 78.9 Å². The fourth-order valence-corrected chi connectivity index (χ4v) is 2.67. The molecule has 134 valence electrons. The van der Waals surface area contributed by atoms with Crippen LogP contribution in [0.4, 0.5) is 11.4 Å². The Hall–Kier alpha value is -3.74. The molecule has 7 heteroatoms. The standard InChI is InChI=1S/C20H17N5O2/c26-20(16-13-21-15-22-14-16)25(27-19-5-2-1-3-6-19)18-9-7-17(8-10-18)24-12-4-11-23-24/h1-3,5-11,13-15H,4,12H2. The highest BCUT2D eigenvalue weighted by Crippen LogP contribution is 2.25. The van der Waals surface area contributed by atoms with Gasteiger partial charge in [-0.15, -0.1) is 5.06 Å². The lowest BCUT2D eigenvalue weighted by Crippen LogP contribution is -2.34. The molecule has 0 spiro atoms. The molecule has 1 aliphatic rings. The molecular weight excluding hydrogens is 342 g/mol. The molecule has 2 aromatic carbocycles. The molecule has 1 amide bonds. The van der Waals surface area contributed by atoms with E-state index in [2.05, 4.69) is 15.1 Å². The molecule has 4 rings (SSSR count). The number of benzene rings is 2. The third kappa shape index (κ3) is 3.77. The highest BCUT2D eigenvalue weighted by atomic mass is 16.7. The number of anilines is 2. The Balaban J connectivity index is 1.64. The molecule has 0 saturated carbocycles. The van der Waals surface area contributed by atoms with Crippen LogP contribution in [0.25, 0.3) is 0 Å². The topological polar surface area (TPSA) is 70.9 Å². The number of carbonyl (C=O) groups excluding carboxylic acids is 1. The van der Waals surface area contributed by atoms with Gasteiger partial charge >= 0.3 is 0 Å². The average Bonchev–Trinajstić information content (AvgIpc) is 3.28. The second-order valence-electron chi connectivity index (χ2n) is 5.86. The average molecular weight is 359 g/mol. The SMILES string of the molecule is O=C(c1cncnc1)N(Oc1ccccc1)c1ccc(N2CCC=N2)cc1. The van der Waals surface area contributed by atoms with E-state index in [1.165, 1.54) is 23.8 Å². The first-order chi connectivity index (χ1) is 13.3. The normalized spacial score (nSPS) is 12.8. The Morgan fingerprint density at radius 1 is 1.00 bits per heavy atom. The summed E-state index contributed by atoms with van der Waals surface area (Å²) in [5.74, 6) is 0.197. The van der Waals surface area contributed by atoms with Gasteiger partial charge in [0, 0.05) is 31.6 Å². The van der Waals surface area contributed by atoms with Gasteiger partial charge in [0.1, 0.15) is 6.33 Å². The van der Waals surface area contributed by atoms with Crippen LogP contribution in [0, 0.1) is 0 Å². The molecule has 0 unspecified atom stereocenters. The highest BCUT2D eigenvalue weighted by molar-refractivity contribution is 6.04. The van der Waals surface area contributed by atoms with E-state index in [0.717, 1.165) is 18.7 Å². The molecule has 2 heterocycles. The van der Waals surface area contributed by atoms with E-state index in [1.807, 2.05) is 53.7 Å². The molecule has 3 aromatic rings. The predicted molar refractivity (Wildman–Crippen MR) is 103 cm³/mol. The molecule has 0 aliphatic carbocycles. The van der Waals surface area contributed by atoms with Crippen molar-refractivity contribution in [2.24, 2.45) is 5.10 Å². The van der Waals surface area contributed by atoms with Crippen molar-refractivity contribution in [3.63, 3.8) is 0 Å². The number of hydrogen-bond donors (Lipinski definition) is 0. The molecule has 0 radical (unpaired) electrons. The molecule has 0 atom stereocenters. The number of hydrogen-bond acceptors (Lipinski definition) is 6. The van der Waals surface area contributed by atoms with Gasteiger partial charge in [0.15, 0.2) is 5.75 Å². The zero-order valence-corrected chi connectivity index (χ0v) is 14.5. The van der Waals surface area contributed by atoms with Gasteiger partial charge in [-0.3, -0.25) is 9.80 Å². The van der Waals surface area contributed by atoms with E-state index in [1.54, 1.807) is 12.1 Å². The summed E-state index contributed by atoms with van der Waals surface area (Å²) in [6, 6.07) is 16.6. The summed E-state index contributed by atoms with van der Waals surface area (Å²) in [6.45, 7) is 0.851. The Morgan fingerprint density at radius 3 is 2.41 bits per heavy atom. The van der Waals surface area contributed by atoms with E-state index < -0.39 is 0 Å². The van der Waals surface area contributed by atoms with E-state index in [0.29, 0.717) is 17.0 Å². The maximum Gasteiger partial charge on any atom is 0.294 e. The summed E-state index contributed by atoms with van der Waals surface area (Å²) < 4.78 is 0. The van der Waals surface area contributed by atoms with E-state index in [4.69, 9.17) is 4.84 Å². The number of nitrogens with zero attached hydrogens (tertiary/aromatic N) is 5. The van der Waals surface area contributed by atoms with Gasteiger partial charge < -0.3 is 4.84 Å². The van der Waals surface area contributed by atoms with Crippen molar-refractivity contribution in [1.82, 2.24) is 9.97 Å². The minimum absolute atomic E-state index is 0.335. The maximum atomic E-state index is 13.0. The van der Waals surface area contributed by atoms with Gasteiger partial charge in [0.2, 0.25) is 0 Å². The molecule has 27 heavy (non-hydrogen) atoms. The monoisotopic (exact) mass is 359 g/mol. The van der Waals surface area contributed by atoms with Gasteiger partial charge in [0.05, 0.1) is 16.9 Å². The first-order valence-corrected chi connectivity index (χ1v) is 8.54. The van der Waals surface area contributed by atoms with Crippen LogP contribution in [-0.4, -0.2) is 28.6 Å². The van der Waals surface area contributed by atoms with Crippen LogP contribution >= 0.6 is 0 Å². The number of hydrazone groups is 1. The van der Waals surface area contributed by atoms with Crippen LogP contribution in [0.5, 0.6) is 5.75 Å². The molecule has 0 saturated heterocycles. The van der Waals surface area contributed by atoms with Crippen molar-refractivity contribution in [1.29, 1.82) is 0 Å². The minimum Gasteiger partial charge on any atom is -0.372 e. The molecule has 1 aromatic heterocycles. The number of hydroxylamine groups is 1. The lowest BCUT2D eigenvalue weighted by atomic mass is 10.2. The largest absolute Gasteiger partial charge is 0.372 e. The lowest BCUT2D eigenvalue weighted by molar-refractivity contribution is 0.0879. The van der Waals surface area contributed by atoms with Crippen molar-refractivity contribution in [3.8, 4) is 5.75 Å². The van der Waals surface area contributed by atoms with Crippen molar-refractivity contribution in [2.75, 3.05) is 16.6 Å². The Bertz CT molecular complexity index is 930. The van der Waals surface area contributed by atoms with Crippen molar-refractivity contribution in [2.45, 2.75) is 6.42 Å². The van der Waals surface area contributed by atoms with Crippen molar-refractivity contribution < 1.29 is 9.63 Å². The molecule has 1 aliphatic heterocycles. The van der Waals surface area contributed by atoms with Crippen LogP contribution < -0.4 is 14.9 Å². The molecule has 0 bridgehead atoms. The third-order valence-corrected chi connectivity index (χ3v) is 4.01. The van der Waals surface area contributed by atoms with E-state index in [9.17, 15) is 4.79 Å². The zero-order chi connectivity index (χ0) is 18.5. The number of carbonyl (C=O) groups is 1. The number of aromatic nitrogens is 2. The van der Waals surface area contributed by atoms with Crippen LogP contribution in [0.15, 0.2) is 78.4 Å². The quantitative estimate of drug-likeness (QED) is 0.654. The predicted octanol–water partition coefficient (Wildman–Crippen LogP) is 3.31. The highest BCUT2D eigenvalue weighted by Gasteiger charge is 2.21. The van der Waals surface area contributed by atoms with E-state index >= 15 is 0 Å². The van der Waals surface area contributed by atoms with Crippen LogP contribution in [0.1, 0.15) is 16.8 Å². The second kappa shape index (κ2) is 7.65. The third-order valence-electron chi connectivity index (χ3n) is 4.01. The molecule has 0 N–H and O–H groups in total. The number of amides is 1. The van der Waals surface area contributed by atoms with Gasteiger partial charge in [-0.1, -0.05) is 18.2 Å². The Morgan fingerprint density at radius 2 is 1.74 bits per heavy atom. The summed E-state index contributed by atoms with van der Waals surface area (Å²) >= 11 is 0. The smallest absolute Gasteiger partial charge is 0.294 e. The Kier molecular flexibility index (Phi) is 4.74. The summed E-state index contributed by atoms with van der Waals surface area (Å²) in [7, 11) is 0. The number of para-hydroxylation sites is 1. The summed E-state index contributed by atoms with van der Waals surface area (Å²) in [6.07, 6.45) is 7.12. The first-order valence-electron chi connectivity index (χ1n) is 8.54. The summed E-state index contributed by atoms with van der Waals surface area (Å²) in [5, 5.41) is 7.47. The van der Waals surface area contributed by atoms with Gasteiger partial charge in [-0.2, -0.15) is 5.10 Å². The van der Waals surface area contributed by atoms with Gasteiger partial charge in [0.25, 0.3) is 5.91 Å². The zero-order valence-electron chi connectivity index (χ0n) is 14.5. The van der Waals surface area contributed by atoms with Crippen LogP contribution in [0.2, 0.25) is 0 Å². The molecule has 7 nitrogen and oxygen atoms in total. The van der Waals surface area contributed by atoms with Crippen LogP contribution in [-0.2, 0) is 0 Å². The van der Waals surface area contributed by atoms with E-state index in [-0.39, 0.29) is 5.91 Å². The minimum atomic E-state index is -0.355. The number of rotatable bonds is 5. The second-order valence-corrected chi connectivity index (χ2v) is 5.86. The Labute approximate surface area is 156 Å².